The van der Waals surface area contributed by atoms with Gasteiger partial charge in [0.05, 0.1) is 11.5 Å². The summed E-state index contributed by atoms with van der Waals surface area (Å²) in [5.41, 5.74) is -1.64. The molecule has 4 fully saturated rings. The summed E-state index contributed by atoms with van der Waals surface area (Å²) in [7, 11) is 0. The molecule has 21 heavy (non-hydrogen) atoms. The molecule has 0 amide bonds. The van der Waals surface area contributed by atoms with E-state index in [1.54, 1.807) is 0 Å². The maximum atomic E-state index is 12.3. The normalized spacial score (nSPS) is 48.6. The molecule has 1 spiro atoms. The Hall–Kier alpha value is -1.57. The molecule has 1 aliphatic heterocycles. The molecule has 0 aromatic heterocycles. The smallest absolute Gasteiger partial charge is 0.327 e. The molecule has 0 aromatic carbocycles. The summed E-state index contributed by atoms with van der Waals surface area (Å²) in [4.78, 5) is 24.4. The summed E-state index contributed by atoms with van der Waals surface area (Å²) in [6.45, 7) is 5.68. The summed E-state index contributed by atoms with van der Waals surface area (Å²) >= 11 is 0. The van der Waals surface area contributed by atoms with E-state index in [1.165, 1.54) is 0 Å². The number of nitriles is 1. The van der Waals surface area contributed by atoms with E-state index in [0.29, 0.717) is 18.8 Å². The van der Waals surface area contributed by atoms with Crippen LogP contribution in [0, 0.1) is 39.4 Å². The van der Waals surface area contributed by atoms with E-state index in [-0.39, 0.29) is 23.4 Å². The second-order valence-electron chi connectivity index (χ2n) is 7.71. The third-order valence-electron chi connectivity index (χ3n) is 6.51. The topological polar surface area (TPSA) is 76.4 Å². The molecule has 3 aliphatic carbocycles. The molecule has 6 atom stereocenters. The summed E-state index contributed by atoms with van der Waals surface area (Å²) in [5.74, 6) is -0.352. The minimum atomic E-state index is -0.962. The second-order valence-corrected chi connectivity index (χ2v) is 7.71. The van der Waals surface area contributed by atoms with Crippen molar-refractivity contribution in [2.45, 2.75) is 52.2 Å². The molecule has 6 unspecified atom stereocenters. The van der Waals surface area contributed by atoms with Crippen LogP contribution in [0.2, 0.25) is 0 Å². The van der Waals surface area contributed by atoms with Gasteiger partial charge in [-0.2, -0.15) is 5.26 Å². The highest BCUT2D eigenvalue weighted by molar-refractivity contribution is 5.86. The first-order valence-electron chi connectivity index (χ1n) is 7.67. The number of carbonyl (C=O) groups excluding carboxylic acids is 2. The molecule has 4 rings (SSSR count). The van der Waals surface area contributed by atoms with Crippen molar-refractivity contribution in [3.05, 3.63) is 0 Å². The molecule has 1 saturated heterocycles. The van der Waals surface area contributed by atoms with Gasteiger partial charge in [0.1, 0.15) is 12.2 Å². The fourth-order valence-electron chi connectivity index (χ4n) is 4.78. The first kappa shape index (κ1) is 13.1. The van der Waals surface area contributed by atoms with Gasteiger partial charge in [0.15, 0.2) is 5.41 Å². The van der Waals surface area contributed by atoms with Gasteiger partial charge < -0.3 is 9.47 Å². The van der Waals surface area contributed by atoms with Crippen LogP contribution < -0.4 is 0 Å². The maximum absolute atomic E-state index is 12.3. The Morgan fingerprint density at radius 1 is 1.52 bits per heavy atom. The summed E-state index contributed by atoms with van der Waals surface area (Å²) in [6, 6.07) is 2.21. The Morgan fingerprint density at radius 3 is 2.86 bits per heavy atom. The van der Waals surface area contributed by atoms with Crippen molar-refractivity contribution >= 4 is 11.9 Å². The van der Waals surface area contributed by atoms with Gasteiger partial charge in [-0.1, -0.05) is 6.92 Å². The van der Waals surface area contributed by atoms with Crippen LogP contribution in [-0.4, -0.2) is 24.1 Å². The molecular formula is C16H19NO4. The van der Waals surface area contributed by atoms with Crippen molar-refractivity contribution in [1.82, 2.24) is 0 Å². The molecule has 1 heterocycles. The van der Waals surface area contributed by atoms with Crippen LogP contribution in [0.25, 0.3) is 0 Å². The van der Waals surface area contributed by atoms with Gasteiger partial charge in [0, 0.05) is 11.3 Å². The van der Waals surface area contributed by atoms with E-state index in [9.17, 15) is 14.9 Å². The van der Waals surface area contributed by atoms with Gasteiger partial charge >= 0.3 is 11.9 Å². The fraction of sp³-hybridized carbons (Fsp3) is 0.812. The number of hydrogen-bond donors (Lipinski definition) is 0. The quantitative estimate of drug-likeness (QED) is 0.741. The molecule has 0 radical (unpaired) electrons. The minimum Gasteiger partial charge on any atom is -0.457 e. The molecule has 0 aromatic rings. The van der Waals surface area contributed by atoms with E-state index < -0.39 is 22.9 Å². The van der Waals surface area contributed by atoms with E-state index in [0.717, 1.165) is 6.42 Å². The largest absolute Gasteiger partial charge is 0.457 e. The minimum absolute atomic E-state index is 0.0601. The molecule has 0 N–H and O–H groups in total. The third-order valence-corrected chi connectivity index (χ3v) is 6.51. The average molecular weight is 289 g/mol. The van der Waals surface area contributed by atoms with Gasteiger partial charge in [-0.25, -0.2) is 0 Å². The summed E-state index contributed by atoms with van der Waals surface area (Å²) in [5, 5.41) is 9.45. The zero-order chi connectivity index (χ0) is 15.2. The molecule has 4 aliphatic rings. The number of rotatable bonds is 3. The van der Waals surface area contributed by atoms with E-state index in [1.807, 2.05) is 20.8 Å². The highest BCUT2D eigenvalue weighted by Gasteiger charge is 2.91. The number of hydrogen-bond acceptors (Lipinski definition) is 5. The zero-order valence-electron chi connectivity index (χ0n) is 12.5. The van der Waals surface area contributed by atoms with Gasteiger partial charge in [0.2, 0.25) is 0 Å². The highest BCUT2D eigenvalue weighted by Crippen LogP contribution is 2.84. The lowest BCUT2D eigenvalue weighted by molar-refractivity contribution is -0.205. The fourth-order valence-corrected chi connectivity index (χ4v) is 4.78. The standard InChI is InChI=1S/C16H19NO4/c1-4-14(2,3)12(18)21-11-9-10-15(7-17,13(19)20-9)5-8-6-16(8,10)11/h8-11H,4-6H2,1-3H3. The second kappa shape index (κ2) is 3.43. The van der Waals surface area contributed by atoms with Crippen molar-refractivity contribution in [2.75, 3.05) is 0 Å². The SMILES string of the molecule is CCC(C)(C)C(=O)OC1C2OC(=O)C3(C#N)CC4CC41C23. The van der Waals surface area contributed by atoms with Crippen LogP contribution in [-0.2, 0) is 19.1 Å². The van der Waals surface area contributed by atoms with Gasteiger partial charge in [-0.15, -0.1) is 0 Å². The van der Waals surface area contributed by atoms with Gasteiger partial charge in [-0.05, 0) is 39.0 Å². The Bertz CT molecular complexity index is 606. The number of ether oxygens (including phenoxy) is 2. The van der Waals surface area contributed by atoms with Crippen molar-refractivity contribution < 1.29 is 19.1 Å². The lowest BCUT2D eigenvalue weighted by Crippen LogP contribution is -2.60. The maximum Gasteiger partial charge on any atom is 0.327 e. The number of carbonyl (C=O) groups is 2. The monoisotopic (exact) mass is 289 g/mol. The molecular weight excluding hydrogens is 270 g/mol. The van der Waals surface area contributed by atoms with E-state index >= 15 is 0 Å². The van der Waals surface area contributed by atoms with Gasteiger partial charge in [0.25, 0.3) is 0 Å². The predicted molar refractivity (Wildman–Crippen MR) is 70.5 cm³/mol. The van der Waals surface area contributed by atoms with Crippen molar-refractivity contribution in [2.24, 2.45) is 28.1 Å². The highest BCUT2D eigenvalue weighted by atomic mass is 16.6. The molecule has 0 bridgehead atoms. The number of esters is 2. The van der Waals surface area contributed by atoms with Crippen molar-refractivity contribution in [3.8, 4) is 6.07 Å². The van der Waals surface area contributed by atoms with Crippen LogP contribution in [0.4, 0.5) is 0 Å². The zero-order valence-corrected chi connectivity index (χ0v) is 12.5. The van der Waals surface area contributed by atoms with Crippen molar-refractivity contribution in [1.29, 1.82) is 5.26 Å². The molecule has 112 valence electrons. The third kappa shape index (κ3) is 1.20. The van der Waals surface area contributed by atoms with Crippen LogP contribution in [0.1, 0.15) is 40.0 Å². The predicted octanol–water partition coefficient (Wildman–Crippen LogP) is 1.81. The lowest BCUT2D eigenvalue weighted by Gasteiger charge is -2.47. The van der Waals surface area contributed by atoms with Crippen molar-refractivity contribution in [3.63, 3.8) is 0 Å². The average Bonchev–Trinajstić information content (AvgIpc) is 3.03. The lowest BCUT2D eigenvalue weighted by atomic mass is 9.59. The van der Waals surface area contributed by atoms with Crippen LogP contribution >= 0.6 is 0 Å². The van der Waals surface area contributed by atoms with Crippen LogP contribution in [0.5, 0.6) is 0 Å². The van der Waals surface area contributed by atoms with Crippen LogP contribution in [0.15, 0.2) is 0 Å². The Morgan fingerprint density at radius 2 is 2.24 bits per heavy atom. The Labute approximate surface area is 123 Å². The summed E-state index contributed by atoms with van der Waals surface area (Å²) < 4.78 is 11.1. The number of nitrogens with zero attached hydrogens (tertiary/aromatic N) is 1. The molecule has 3 saturated carbocycles. The molecule has 5 heteroatoms. The Kier molecular flexibility index (Phi) is 2.14. The summed E-state index contributed by atoms with van der Waals surface area (Å²) in [6.07, 6.45) is 1.49. The van der Waals surface area contributed by atoms with Gasteiger partial charge in [-0.3, -0.25) is 9.59 Å². The Balaban J connectivity index is 1.61. The van der Waals surface area contributed by atoms with Crippen LogP contribution in [0.3, 0.4) is 0 Å². The van der Waals surface area contributed by atoms with E-state index in [2.05, 4.69) is 6.07 Å². The first-order chi connectivity index (χ1) is 9.83. The first-order valence-corrected chi connectivity index (χ1v) is 7.67. The van der Waals surface area contributed by atoms with E-state index in [4.69, 9.17) is 9.47 Å². The molecule has 5 nitrogen and oxygen atoms in total.